The van der Waals surface area contributed by atoms with Crippen LogP contribution in [0.1, 0.15) is 31.9 Å². The summed E-state index contributed by atoms with van der Waals surface area (Å²) in [5.74, 6) is 0. The van der Waals surface area contributed by atoms with E-state index in [9.17, 15) is 0 Å². The van der Waals surface area contributed by atoms with E-state index in [-0.39, 0.29) is 0 Å². The van der Waals surface area contributed by atoms with Gasteiger partial charge in [-0.3, -0.25) is 0 Å². The zero-order valence-corrected chi connectivity index (χ0v) is 13.0. The van der Waals surface area contributed by atoms with Gasteiger partial charge in [0.25, 0.3) is 0 Å². The Kier molecular flexibility index (Phi) is 5.99. The van der Waals surface area contributed by atoms with Crippen LogP contribution in [0.3, 0.4) is 0 Å². The van der Waals surface area contributed by atoms with Gasteiger partial charge < -0.3 is 0 Å². The van der Waals surface area contributed by atoms with Crippen LogP contribution in [0.25, 0.3) is 18.7 Å². The van der Waals surface area contributed by atoms with E-state index in [0.29, 0.717) is 0 Å². The lowest BCUT2D eigenvalue weighted by atomic mass is 9.95. The zero-order valence-electron chi connectivity index (χ0n) is 13.0. The predicted molar refractivity (Wildman–Crippen MR) is 92.2 cm³/mol. The summed E-state index contributed by atoms with van der Waals surface area (Å²) in [5.41, 5.74) is 4.90. The minimum absolute atomic E-state index is 0.987. The Hall–Kier alpha value is -2.08. The van der Waals surface area contributed by atoms with Crippen LogP contribution >= 0.6 is 0 Å². The minimum atomic E-state index is 0.987. The highest BCUT2D eigenvalue weighted by Gasteiger charge is 2.04. The Balaban J connectivity index is 3.81. The maximum atomic E-state index is 4.16. The average molecular weight is 264 g/mol. The van der Waals surface area contributed by atoms with Gasteiger partial charge >= 0.3 is 0 Å². The molecule has 1 rings (SSSR count). The molecular formula is C20H24. The average Bonchev–Trinajstić information content (AvgIpc) is 2.45. The molecule has 0 aliphatic rings. The Morgan fingerprint density at radius 1 is 0.950 bits per heavy atom. The van der Waals surface area contributed by atoms with Crippen LogP contribution in [-0.4, -0.2) is 0 Å². The second kappa shape index (κ2) is 7.49. The van der Waals surface area contributed by atoms with Crippen LogP contribution < -0.4 is 10.4 Å². The topological polar surface area (TPSA) is 0 Å². The number of hydrogen-bond donors (Lipinski definition) is 0. The summed E-state index contributed by atoms with van der Waals surface area (Å²) >= 11 is 0. The predicted octanol–water partition coefficient (Wildman–Crippen LogP) is 4.31. The first-order chi connectivity index (χ1) is 9.51. The third-order valence-electron chi connectivity index (χ3n) is 3.51. The molecule has 1 aromatic rings. The molecule has 0 amide bonds. The van der Waals surface area contributed by atoms with Gasteiger partial charge in [0.2, 0.25) is 0 Å². The van der Waals surface area contributed by atoms with Crippen LogP contribution in [-0.2, 0) is 0 Å². The highest BCUT2D eigenvalue weighted by atomic mass is 14.1. The molecule has 0 radical (unpaired) electrons. The normalized spacial score (nSPS) is 12.0. The molecule has 0 spiro atoms. The molecule has 20 heavy (non-hydrogen) atoms. The Morgan fingerprint density at radius 2 is 1.60 bits per heavy atom. The van der Waals surface area contributed by atoms with Gasteiger partial charge in [-0.15, -0.1) is 0 Å². The monoisotopic (exact) mass is 264 g/mol. The van der Waals surface area contributed by atoms with E-state index in [0.717, 1.165) is 10.4 Å². The third kappa shape index (κ3) is 3.96. The van der Waals surface area contributed by atoms with E-state index in [1.165, 1.54) is 22.3 Å². The molecular weight excluding hydrogens is 240 g/mol. The van der Waals surface area contributed by atoms with Crippen molar-refractivity contribution in [3.63, 3.8) is 0 Å². The molecule has 0 saturated heterocycles. The first-order valence-corrected chi connectivity index (χ1v) is 6.93. The van der Waals surface area contributed by atoms with E-state index in [2.05, 4.69) is 59.1 Å². The van der Waals surface area contributed by atoms with Gasteiger partial charge in [0.15, 0.2) is 0 Å². The van der Waals surface area contributed by atoms with Crippen molar-refractivity contribution >= 4 is 18.7 Å². The van der Waals surface area contributed by atoms with E-state index < -0.39 is 0 Å². The summed E-state index contributed by atoms with van der Waals surface area (Å²) < 4.78 is 0. The molecule has 0 aliphatic carbocycles. The second-order valence-electron chi connectivity index (χ2n) is 4.86. The molecule has 104 valence electrons. The quantitative estimate of drug-likeness (QED) is 0.698. The van der Waals surface area contributed by atoms with Crippen LogP contribution in [0.5, 0.6) is 0 Å². The molecule has 0 heteroatoms. The first-order valence-electron chi connectivity index (χ1n) is 6.93. The fraction of sp³-hybridized carbons (Fsp3) is 0.200. The van der Waals surface area contributed by atoms with E-state index in [1.807, 2.05) is 30.3 Å². The smallest absolute Gasteiger partial charge is 0.0150 e. The van der Waals surface area contributed by atoms with Gasteiger partial charge in [-0.2, -0.15) is 0 Å². The van der Waals surface area contributed by atoms with Gasteiger partial charge in [-0.1, -0.05) is 61.7 Å². The Bertz CT molecular complexity index is 686. The van der Waals surface area contributed by atoms with E-state index in [4.69, 9.17) is 0 Å². The maximum Gasteiger partial charge on any atom is -0.0150 e. The minimum Gasteiger partial charge on any atom is -0.0918 e. The summed E-state index contributed by atoms with van der Waals surface area (Å²) in [5, 5.41) is 2.02. The van der Waals surface area contributed by atoms with E-state index in [1.54, 1.807) is 0 Å². The van der Waals surface area contributed by atoms with E-state index >= 15 is 0 Å². The third-order valence-corrected chi connectivity index (χ3v) is 3.51. The van der Waals surface area contributed by atoms with Gasteiger partial charge in [0, 0.05) is 0 Å². The second-order valence-corrected chi connectivity index (χ2v) is 4.86. The zero-order chi connectivity index (χ0) is 15.1. The molecule has 0 atom stereocenters. The Morgan fingerprint density at radius 3 is 2.20 bits per heavy atom. The summed E-state index contributed by atoms with van der Waals surface area (Å²) in [6.07, 6.45) is 4.29. The van der Waals surface area contributed by atoms with Crippen molar-refractivity contribution < 1.29 is 0 Å². The fourth-order valence-electron chi connectivity index (χ4n) is 2.06. The summed E-state index contributed by atoms with van der Waals surface area (Å²) in [6.45, 7) is 16.6. The molecule has 0 nitrogen and oxygen atoms in total. The number of hydrogen-bond acceptors (Lipinski definition) is 0. The van der Waals surface area contributed by atoms with Crippen LogP contribution in [0.2, 0.25) is 0 Å². The van der Waals surface area contributed by atoms with Crippen molar-refractivity contribution in [3.8, 4) is 0 Å². The molecule has 0 bridgehead atoms. The molecule has 0 saturated carbocycles. The molecule has 0 aromatic heterocycles. The van der Waals surface area contributed by atoms with Gasteiger partial charge in [0.1, 0.15) is 0 Å². The maximum absolute atomic E-state index is 4.16. The molecule has 0 aliphatic heterocycles. The highest BCUT2D eigenvalue weighted by molar-refractivity contribution is 5.79. The van der Waals surface area contributed by atoms with Crippen molar-refractivity contribution in [1.82, 2.24) is 0 Å². The Labute approximate surface area is 122 Å². The van der Waals surface area contributed by atoms with Gasteiger partial charge in [0.05, 0.1) is 0 Å². The SMILES string of the molecule is C=c1ccccc(=C)c(C)c(C(=C/C)/C(C)=C\C)cc1. The number of allylic oxidation sites excluding steroid dienone is 4. The lowest BCUT2D eigenvalue weighted by molar-refractivity contribution is 1.36. The number of rotatable bonds is 2. The van der Waals surface area contributed by atoms with Crippen molar-refractivity contribution in [3.05, 3.63) is 75.7 Å². The summed E-state index contributed by atoms with van der Waals surface area (Å²) in [4.78, 5) is 0. The fourth-order valence-corrected chi connectivity index (χ4v) is 2.06. The lowest BCUT2D eigenvalue weighted by Crippen LogP contribution is -2.04. The first kappa shape index (κ1) is 16.0. The highest BCUT2D eigenvalue weighted by Crippen LogP contribution is 2.22. The van der Waals surface area contributed by atoms with Crippen LogP contribution in [0.4, 0.5) is 0 Å². The van der Waals surface area contributed by atoms with Crippen LogP contribution in [0, 0.1) is 6.92 Å². The summed E-state index contributed by atoms with van der Waals surface area (Å²) in [7, 11) is 0. The van der Waals surface area contributed by atoms with Crippen molar-refractivity contribution in [2.45, 2.75) is 27.7 Å². The molecule has 0 N–H and O–H groups in total. The van der Waals surface area contributed by atoms with Gasteiger partial charge in [-0.05, 0) is 60.4 Å². The lowest BCUT2D eigenvalue weighted by Gasteiger charge is -2.10. The van der Waals surface area contributed by atoms with Crippen molar-refractivity contribution in [1.29, 1.82) is 0 Å². The standard InChI is InChI=1S/C20H24/c1-7-16(4)19(8-2)20-14-13-15(3)11-9-10-12-17(5)18(20)6/h7-14H,3,5H2,1-2,4,6H3/b11-9?,12-10?,14-13?,16-7-,19-8+,20-18?. The molecule has 0 heterocycles. The van der Waals surface area contributed by atoms with Crippen LogP contribution in [0.15, 0.2) is 54.1 Å². The molecule has 0 unspecified atom stereocenters. The molecule has 0 fully saturated rings. The van der Waals surface area contributed by atoms with Crippen molar-refractivity contribution in [2.24, 2.45) is 0 Å². The molecule has 1 aromatic carbocycles. The summed E-state index contributed by atoms with van der Waals surface area (Å²) in [6, 6.07) is 12.2. The van der Waals surface area contributed by atoms with Gasteiger partial charge in [-0.25, -0.2) is 0 Å². The van der Waals surface area contributed by atoms with Crippen molar-refractivity contribution in [2.75, 3.05) is 0 Å². The largest absolute Gasteiger partial charge is 0.0918 e.